The molecular weight excluding hydrogens is 292 g/mol. The second-order valence-corrected chi connectivity index (χ2v) is 6.80. The van der Waals surface area contributed by atoms with Crippen LogP contribution in [0, 0.1) is 0 Å². The SMILES string of the molecule is CCNC(=NCC1(C)CCCO1)NCC1CCCN1CCOC. The molecule has 0 aromatic carbocycles. The predicted molar refractivity (Wildman–Crippen MR) is 94.0 cm³/mol. The Balaban J connectivity index is 1.81. The molecule has 0 aromatic heterocycles. The number of nitrogens with zero attached hydrogens (tertiary/aromatic N) is 2. The fourth-order valence-corrected chi connectivity index (χ4v) is 3.39. The smallest absolute Gasteiger partial charge is 0.191 e. The van der Waals surface area contributed by atoms with Crippen LogP contribution in [0.4, 0.5) is 0 Å². The van der Waals surface area contributed by atoms with E-state index in [2.05, 4.69) is 29.4 Å². The second kappa shape index (κ2) is 9.45. The van der Waals surface area contributed by atoms with E-state index in [1.54, 1.807) is 7.11 Å². The van der Waals surface area contributed by atoms with Gasteiger partial charge >= 0.3 is 0 Å². The minimum absolute atomic E-state index is 0.0831. The van der Waals surface area contributed by atoms with Gasteiger partial charge in [0, 0.05) is 39.4 Å². The number of guanidine groups is 1. The second-order valence-electron chi connectivity index (χ2n) is 6.80. The number of hydrogen-bond donors (Lipinski definition) is 2. The average molecular weight is 326 g/mol. The molecule has 0 aliphatic carbocycles. The fraction of sp³-hybridized carbons (Fsp3) is 0.941. The first-order chi connectivity index (χ1) is 11.2. The van der Waals surface area contributed by atoms with Gasteiger partial charge in [0.05, 0.1) is 18.8 Å². The van der Waals surface area contributed by atoms with E-state index in [9.17, 15) is 0 Å². The first-order valence-electron chi connectivity index (χ1n) is 9.06. The summed E-state index contributed by atoms with van der Waals surface area (Å²) in [5.74, 6) is 0.905. The standard InChI is InChI=1S/C17H34N4O2/c1-4-18-16(20-14-17(2)8-6-11-23-17)19-13-15-7-5-9-21(15)10-12-22-3/h15H,4-14H2,1-3H3,(H2,18,19,20). The van der Waals surface area contributed by atoms with Crippen LogP contribution in [-0.4, -0.2) is 75.5 Å². The van der Waals surface area contributed by atoms with E-state index in [4.69, 9.17) is 14.5 Å². The van der Waals surface area contributed by atoms with E-state index < -0.39 is 0 Å². The van der Waals surface area contributed by atoms with Gasteiger partial charge in [0.15, 0.2) is 5.96 Å². The Kier molecular flexibility index (Phi) is 7.59. The van der Waals surface area contributed by atoms with Crippen molar-refractivity contribution in [3.8, 4) is 0 Å². The number of rotatable bonds is 8. The normalized spacial score (nSPS) is 29.2. The summed E-state index contributed by atoms with van der Waals surface area (Å²) < 4.78 is 11.0. The Morgan fingerprint density at radius 3 is 2.96 bits per heavy atom. The molecule has 2 N–H and O–H groups in total. The maximum absolute atomic E-state index is 5.82. The van der Waals surface area contributed by atoms with Gasteiger partial charge in [0.2, 0.25) is 0 Å². The molecule has 0 amide bonds. The largest absolute Gasteiger partial charge is 0.383 e. The van der Waals surface area contributed by atoms with Crippen LogP contribution in [0.15, 0.2) is 4.99 Å². The van der Waals surface area contributed by atoms with Crippen LogP contribution in [0.3, 0.4) is 0 Å². The third kappa shape index (κ3) is 5.94. The van der Waals surface area contributed by atoms with Gasteiger partial charge in [-0.05, 0) is 46.1 Å². The zero-order valence-corrected chi connectivity index (χ0v) is 15.1. The number of aliphatic imine (C=N–C) groups is 1. The fourth-order valence-electron chi connectivity index (χ4n) is 3.39. The zero-order chi connectivity index (χ0) is 16.5. The molecule has 0 bridgehead atoms. The van der Waals surface area contributed by atoms with Crippen LogP contribution in [0.5, 0.6) is 0 Å². The molecule has 2 heterocycles. The van der Waals surface area contributed by atoms with Crippen molar-refractivity contribution in [2.24, 2.45) is 4.99 Å². The van der Waals surface area contributed by atoms with E-state index in [1.807, 2.05) is 0 Å². The van der Waals surface area contributed by atoms with Gasteiger partial charge in [-0.1, -0.05) is 0 Å². The molecule has 0 aromatic rings. The van der Waals surface area contributed by atoms with Crippen molar-refractivity contribution in [2.75, 3.05) is 53.0 Å². The lowest BCUT2D eigenvalue weighted by Crippen LogP contribution is -2.46. The average Bonchev–Trinajstić information content (AvgIpc) is 3.17. The minimum atomic E-state index is -0.0831. The zero-order valence-electron chi connectivity index (χ0n) is 15.1. The molecule has 2 atom stereocenters. The molecule has 0 spiro atoms. The lowest BCUT2D eigenvalue weighted by Gasteiger charge is -2.26. The highest BCUT2D eigenvalue weighted by Crippen LogP contribution is 2.25. The summed E-state index contributed by atoms with van der Waals surface area (Å²) in [7, 11) is 1.77. The molecular formula is C17H34N4O2. The molecule has 0 saturated carbocycles. The molecule has 2 saturated heterocycles. The third-order valence-corrected chi connectivity index (χ3v) is 4.80. The highest BCUT2D eigenvalue weighted by molar-refractivity contribution is 5.79. The first kappa shape index (κ1) is 18.5. The van der Waals surface area contributed by atoms with Crippen molar-refractivity contribution in [3.63, 3.8) is 0 Å². The van der Waals surface area contributed by atoms with E-state index in [-0.39, 0.29) is 5.60 Å². The summed E-state index contributed by atoms with van der Waals surface area (Å²) in [5.41, 5.74) is -0.0831. The summed E-state index contributed by atoms with van der Waals surface area (Å²) >= 11 is 0. The Morgan fingerprint density at radius 1 is 1.39 bits per heavy atom. The van der Waals surface area contributed by atoms with Gasteiger partial charge in [0.1, 0.15) is 0 Å². The van der Waals surface area contributed by atoms with Crippen LogP contribution in [-0.2, 0) is 9.47 Å². The van der Waals surface area contributed by atoms with Gasteiger partial charge in [0.25, 0.3) is 0 Å². The van der Waals surface area contributed by atoms with E-state index >= 15 is 0 Å². The van der Waals surface area contributed by atoms with Gasteiger partial charge in [-0.25, -0.2) is 0 Å². The van der Waals surface area contributed by atoms with Crippen LogP contribution >= 0.6 is 0 Å². The number of nitrogens with one attached hydrogen (secondary N) is 2. The van der Waals surface area contributed by atoms with Gasteiger partial charge < -0.3 is 20.1 Å². The van der Waals surface area contributed by atoms with E-state index in [1.165, 1.54) is 19.4 Å². The summed E-state index contributed by atoms with van der Waals surface area (Å²) in [6, 6.07) is 0.576. The Bertz CT molecular complexity index is 370. The van der Waals surface area contributed by atoms with Crippen molar-refractivity contribution in [2.45, 2.75) is 51.2 Å². The van der Waals surface area contributed by atoms with Crippen LogP contribution in [0.1, 0.15) is 39.5 Å². The topological polar surface area (TPSA) is 58.1 Å². The maximum atomic E-state index is 5.82. The Labute approximate surface area is 141 Å². The van der Waals surface area contributed by atoms with Crippen molar-refractivity contribution < 1.29 is 9.47 Å². The molecule has 2 unspecified atom stereocenters. The van der Waals surface area contributed by atoms with Crippen molar-refractivity contribution in [3.05, 3.63) is 0 Å². The van der Waals surface area contributed by atoms with Crippen molar-refractivity contribution in [1.82, 2.24) is 15.5 Å². The van der Waals surface area contributed by atoms with Crippen LogP contribution < -0.4 is 10.6 Å². The predicted octanol–water partition coefficient (Wildman–Crippen LogP) is 1.22. The van der Waals surface area contributed by atoms with Crippen LogP contribution in [0.2, 0.25) is 0 Å². The highest BCUT2D eigenvalue weighted by Gasteiger charge is 2.29. The Hall–Kier alpha value is -0.850. The van der Waals surface area contributed by atoms with Gasteiger partial charge in [-0.15, -0.1) is 0 Å². The monoisotopic (exact) mass is 326 g/mol. The lowest BCUT2D eigenvalue weighted by atomic mass is 10.0. The maximum Gasteiger partial charge on any atom is 0.191 e. The summed E-state index contributed by atoms with van der Waals surface area (Å²) in [5, 5.41) is 6.86. The molecule has 23 heavy (non-hydrogen) atoms. The molecule has 2 fully saturated rings. The molecule has 2 aliphatic rings. The quantitative estimate of drug-likeness (QED) is 0.519. The number of ether oxygens (including phenoxy) is 2. The molecule has 2 aliphatic heterocycles. The molecule has 2 rings (SSSR count). The lowest BCUT2D eigenvalue weighted by molar-refractivity contribution is 0.0283. The minimum Gasteiger partial charge on any atom is -0.383 e. The summed E-state index contributed by atoms with van der Waals surface area (Å²) in [6.45, 7) is 10.7. The number of likely N-dealkylation sites (tertiary alicyclic amines) is 1. The van der Waals surface area contributed by atoms with Gasteiger partial charge in [-0.2, -0.15) is 0 Å². The van der Waals surface area contributed by atoms with E-state index in [0.29, 0.717) is 6.04 Å². The molecule has 6 nitrogen and oxygen atoms in total. The highest BCUT2D eigenvalue weighted by atomic mass is 16.5. The summed E-state index contributed by atoms with van der Waals surface area (Å²) in [4.78, 5) is 7.26. The first-order valence-corrected chi connectivity index (χ1v) is 9.06. The van der Waals surface area contributed by atoms with Gasteiger partial charge in [-0.3, -0.25) is 9.89 Å². The number of hydrogen-bond acceptors (Lipinski definition) is 4. The third-order valence-electron chi connectivity index (χ3n) is 4.80. The number of methoxy groups -OCH3 is 1. The van der Waals surface area contributed by atoms with Crippen molar-refractivity contribution in [1.29, 1.82) is 0 Å². The Morgan fingerprint density at radius 2 is 2.26 bits per heavy atom. The van der Waals surface area contributed by atoms with E-state index in [0.717, 1.165) is 58.2 Å². The summed E-state index contributed by atoms with van der Waals surface area (Å²) in [6.07, 6.45) is 4.77. The van der Waals surface area contributed by atoms with Crippen molar-refractivity contribution >= 4 is 5.96 Å². The van der Waals surface area contributed by atoms with Crippen LogP contribution in [0.25, 0.3) is 0 Å². The molecule has 0 radical (unpaired) electrons. The molecule has 134 valence electrons. The molecule has 6 heteroatoms.